The van der Waals surface area contributed by atoms with Crippen molar-refractivity contribution in [3.63, 3.8) is 0 Å². The van der Waals surface area contributed by atoms with Gasteiger partial charge in [-0.05, 0) is 58.0 Å². The second kappa shape index (κ2) is 7.47. The number of pyridine rings is 1. The van der Waals surface area contributed by atoms with Crippen LogP contribution in [0.2, 0.25) is 0 Å². The van der Waals surface area contributed by atoms with E-state index in [1.54, 1.807) is 0 Å². The second-order valence-corrected chi connectivity index (χ2v) is 8.21. The molecule has 3 N–H and O–H groups in total. The first kappa shape index (κ1) is 18.6. The first-order valence-corrected chi connectivity index (χ1v) is 10.4. The van der Waals surface area contributed by atoms with Crippen LogP contribution in [0.4, 0.5) is 5.69 Å². The van der Waals surface area contributed by atoms with Crippen LogP contribution in [-0.4, -0.2) is 34.3 Å². The average Bonchev–Trinajstić information content (AvgIpc) is 3.39. The zero-order chi connectivity index (χ0) is 20.7. The maximum absolute atomic E-state index is 9.23. The van der Waals surface area contributed by atoms with Crippen LogP contribution in [0.1, 0.15) is 43.9 Å². The van der Waals surface area contributed by atoms with Gasteiger partial charge in [0.05, 0.1) is 39.6 Å². The Morgan fingerprint density at radius 3 is 2.83 bits per heavy atom. The number of aromatic nitrogens is 3. The molecule has 0 spiro atoms. The minimum atomic E-state index is 0.224. The number of fused-ring (bicyclic) bond motifs is 3. The van der Waals surface area contributed by atoms with Crippen molar-refractivity contribution in [3.05, 3.63) is 41.7 Å². The molecule has 0 amide bonds. The van der Waals surface area contributed by atoms with Crippen molar-refractivity contribution in [2.24, 2.45) is 0 Å². The molecule has 0 radical (unpaired) electrons. The second-order valence-electron chi connectivity index (χ2n) is 8.21. The third-order valence-electron chi connectivity index (χ3n) is 5.73. The maximum Gasteiger partial charge on any atom is 0.170 e. The monoisotopic (exact) mass is 400 g/mol. The lowest BCUT2D eigenvalue weighted by Crippen LogP contribution is -2.26. The fourth-order valence-electron chi connectivity index (χ4n) is 4.25. The van der Waals surface area contributed by atoms with E-state index in [2.05, 4.69) is 46.8 Å². The summed E-state index contributed by atoms with van der Waals surface area (Å²) in [5, 5.41) is 21.6. The van der Waals surface area contributed by atoms with Crippen molar-refractivity contribution in [2.75, 3.05) is 18.4 Å². The number of aromatic amines is 1. The van der Waals surface area contributed by atoms with Gasteiger partial charge >= 0.3 is 0 Å². The summed E-state index contributed by atoms with van der Waals surface area (Å²) >= 11 is 0. The Morgan fingerprint density at radius 2 is 2.07 bits per heavy atom. The van der Waals surface area contributed by atoms with E-state index in [4.69, 9.17) is 9.51 Å². The molecule has 152 valence electrons. The molecule has 0 atom stereocenters. The van der Waals surface area contributed by atoms with E-state index >= 15 is 0 Å². The van der Waals surface area contributed by atoms with Crippen molar-refractivity contribution < 1.29 is 4.52 Å². The number of nitrogens with zero attached hydrogens (tertiary/aromatic N) is 3. The molecule has 1 fully saturated rings. The fraction of sp³-hybridized carbons (Fsp3) is 0.348. The summed E-state index contributed by atoms with van der Waals surface area (Å²) in [6.45, 7) is 6.24. The molecule has 0 bridgehead atoms. The molecule has 0 aliphatic carbocycles. The number of benzene rings is 1. The molecule has 7 heteroatoms. The molecular weight excluding hydrogens is 376 g/mol. The van der Waals surface area contributed by atoms with Crippen LogP contribution in [0, 0.1) is 11.3 Å². The number of H-pyrrole nitrogens is 1. The minimum absolute atomic E-state index is 0.224. The molecular formula is C23H24N6O. The zero-order valence-corrected chi connectivity index (χ0v) is 17.1. The normalized spacial score (nSPS) is 15.1. The Bertz CT molecular complexity index is 1260. The van der Waals surface area contributed by atoms with Gasteiger partial charge in [0.25, 0.3) is 0 Å². The first-order valence-electron chi connectivity index (χ1n) is 10.4. The zero-order valence-electron chi connectivity index (χ0n) is 17.1. The van der Waals surface area contributed by atoms with E-state index in [9.17, 15) is 5.26 Å². The predicted octanol–water partition coefficient (Wildman–Crippen LogP) is 4.53. The third kappa shape index (κ3) is 3.19. The van der Waals surface area contributed by atoms with E-state index in [-0.39, 0.29) is 6.04 Å². The van der Waals surface area contributed by atoms with Crippen molar-refractivity contribution in [1.29, 1.82) is 5.26 Å². The molecule has 4 aromatic rings. The van der Waals surface area contributed by atoms with Crippen LogP contribution in [0.5, 0.6) is 0 Å². The van der Waals surface area contributed by atoms with Crippen LogP contribution < -0.4 is 10.6 Å². The Kier molecular flexibility index (Phi) is 4.64. The number of nitriles is 1. The highest BCUT2D eigenvalue weighted by atomic mass is 16.5. The molecule has 4 heterocycles. The van der Waals surface area contributed by atoms with Gasteiger partial charge in [-0.25, -0.2) is 0 Å². The van der Waals surface area contributed by atoms with E-state index in [0.717, 1.165) is 70.6 Å². The molecule has 3 aromatic heterocycles. The van der Waals surface area contributed by atoms with Gasteiger partial charge in [0, 0.05) is 35.1 Å². The predicted molar refractivity (Wildman–Crippen MR) is 117 cm³/mol. The number of nitrogens with one attached hydrogen (secondary N) is 3. The van der Waals surface area contributed by atoms with Gasteiger partial charge in [0.1, 0.15) is 0 Å². The van der Waals surface area contributed by atoms with Crippen molar-refractivity contribution in [1.82, 2.24) is 20.4 Å². The third-order valence-corrected chi connectivity index (χ3v) is 5.73. The highest BCUT2D eigenvalue weighted by Gasteiger charge is 2.22. The van der Waals surface area contributed by atoms with Gasteiger partial charge in [-0.15, -0.1) is 0 Å². The summed E-state index contributed by atoms with van der Waals surface area (Å²) < 4.78 is 5.78. The highest BCUT2D eigenvalue weighted by Crippen LogP contribution is 2.38. The first-order chi connectivity index (χ1) is 14.6. The molecule has 0 saturated carbocycles. The summed E-state index contributed by atoms with van der Waals surface area (Å²) in [5.74, 6) is 1.15. The molecule has 5 rings (SSSR count). The molecule has 1 aromatic carbocycles. The Labute approximate surface area is 174 Å². The smallest absolute Gasteiger partial charge is 0.170 e. The number of hydrogen-bond acceptors (Lipinski definition) is 6. The largest absolute Gasteiger partial charge is 0.380 e. The SMILES string of the molecule is CC(C)Nc1c(-c2cc(C3CCNCC3)no2)cnc2c1[nH]c1cc(C#N)ccc12. The topological polar surface area (TPSA) is 103 Å². The fourth-order valence-corrected chi connectivity index (χ4v) is 4.25. The summed E-state index contributed by atoms with van der Waals surface area (Å²) in [6.07, 6.45) is 4.00. The van der Waals surface area contributed by atoms with Gasteiger partial charge in [-0.2, -0.15) is 5.26 Å². The Hall–Kier alpha value is -3.37. The molecule has 1 aliphatic heterocycles. The maximum atomic E-state index is 9.23. The lowest BCUT2D eigenvalue weighted by atomic mass is 9.94. The highest BCUT2D eigenvalue weighted by molar-refractivity contribution is 6.11. The van der Waals surface area contributed by atoms with Crippen LogP contribution in [-0.2, 0) is 0 Å². The molecule has 1 saturated heterocycles. The molecule has 30 heavy (non-hydrogen) atoms. The van der Waals surface area contributed by atoms with Crippen LogP contribution in [0.25, 0.3) is 33.3 Å². The van der Waals surface area contributed by atoms with E-state index in [1.807, 2.05) is 24.4 Å². The quantitative estimate of drug-likeness (QED) is 0.465. The van der Waals surface area contributed by atoms with Crippen LogP contribution >= 0.6 is 0 Å². The summed E-state index contributed by atoms with van der Waals surface area (Å²) in [5.41, 5.74) is 6.14. The average molecular weight is 400 g/mol. The molecule has 1 aliphatic rings. The molecule has 0 unspecified atom stereocenters. The van der Waals surface area contributed by atoms with E-state index in [0.29, 0.717) is 11.5 Å². The van der Waals surface area contributed by atoms with E-state index in [1.165, 1.54) is 0 Å². The lowest BCUT2D eigenvalue weighted by Gasteiger charge is -2.19. The van der Waals surface area contributed by atoms with Gasteiger partial charge < -0.3 is 20.1 Å². The minimum Gasteiger partial charge on any atom is -0.380 e. The van der Waals surface area contributed by atoms with Crippen molar-refractivity contribution in [3.8, 4) is 17.4 Å². The van der Waals surface area contributed by atoms with Gasteiger partial charge in [0.2, 0.25) is 0 Å². The lowest BCUT2D eigenvalue weighted by molar-refractivity contribution is 0.392. The Morgan fingerprint density at radius 1 is 1.23 bits per heavy atom. The van der Waals surface area contributed by atoms with Crippen LogP contribution in [0.15, 0.2) is 35.0 Å². The number of rotatable bonds is 4. The summed E-state index contributed by atoms with van der Waals surface area (Å²) in [4.78, 5) is 8.20. The van der Waals surface area contributed by atoms with Gasteiger partial charge in [-0.3, -0.25) is 4.98 Å². The van der Waals surface area contributed by atoms with Crippen molar-refractivity contribution in [2.45, 2.75) is 38.6 Å². The van der Waals surface area contributed by atoms with Crippen molar-refractivity contribution >= 4 is 27.6 Å². The van der Waals surface area contributed by atoms with Crippen LogP contribution in [0.3, 0.4) is 0 Å². The number of piperidine rings is 1. The molecule has 7 nitrogen and oxygen atoms in total. The standard InChI is InChI=1S/C23H24N6O/c1-13(2)27-22-17(20-10-18(29-30-20)15-5-7-25-8-6-15)12-26-21-16-4-3-14(11-24)9-19(16)28-23(21)22/h3-4,9-10,12-13,15,25,28H,5-8H2,1-2H3,(H,26,27). The summed E-state index contributed by atoms with van der Waals surface area (Å²) in [6, 6.07) is 10.1. The summed E-state index contributed by atoms with van der Waals surface area (Å²) in [7, 11) is 0. The number of anilines is 1. The van der Waals surface area contributed by atoms with E-state index < -0.39 is 0 Å². The van der Waals surface area contributed by atoms with Gasteiger partial charge in [0.15, 0.2) is 5.76 Å². The number of hydrogen-bond donors (Lipinski definition) is 3. The van der Waals surface area contributed by atoms with Gasteiger partial charge in [-0.1, -0.05) is 5.16 Å². The Balaban J connectivity index is 1.65.